The van der Waals surface area contributed by atoms with Gasteiger partial charge in [-0.3, -0.25) is 4.68 Å². The first-order chi connectivity index (χ1) is 9.62. The van der Waals surface area contributed by atoms with Crippen LogP contribution in [0.15, 0.2) is 18.3 Å². The average Bonchev–Trinajstić information content (AvgIpc) is 2.79. The molecule has 0 aliphatic rings. The summed E-state index contributed by atoms with van der Waals surface area (Å²) in [5.41, 5.74) is 8.61. The van der Waals surface area contributed by atoms with Gasteiger partial charge in [0.2, 0.25) is 0 Å². The Labute approximate surface area is 118 Å². The van der Waals surface area contributed by atoms with Crippen LogP contribution in [0.25, 0.3) is 11.1 Å². The second-order valence-corrected chi connectivity index (χ2v) is 4.36. The van der Waals surface area contributed by atoms with E-state index in [2.05, 4.69) is 5.10 Å². The second kappa shape index (κ2) is 5.83. The van der Waals surface area contributed by atoms with E-state index in [9.17, 15) is 0 Å². The molecule has 0 spiro atoms. The SMILES string of the molecule is COCc1c(OC)cc(-c2cnn(C)c2N)cc1OC. The molecule has 0 unspecified atom stereocenters. The number of methoxy groups -OCH3 is 3. The van der Waals surface area contributed by atoms with Crippen LogP contribution < -0.4 is 15.2 Å². The third kappa shape index (κ3) is 2.42. The Hall–Kier alpha value is -2.21. The van der Waals surface area contributed by atoms with Gasteiger partial charge >= 0.3 is 0 Å². The maximum absolute atomic E-state index is 6.01. The van der Waals surface area contributed by atoms with Crippen molar-refractivity contribution in [1.82, 2.24) is 9.78 Å². The Kier molecular flexibility index (Phi) is 4.14. The van der Waals surface area contributed by atoms with Crippen LogP contribution in [0.2, 0.25) is 0 Å². The highest BCUT2D eigenvalue weighted by Crippen LogP contribution is 2.37. The summed E-state index contributed by atoms with van der Waals surface area (Å²) in [6.07, 6.45) is 1.72. The number of benzene rings is 1. The maximum Gasteiger partial charge on any atom is 0.129 e. The molecule has 0 amide bonds. The zero-order valence-electron chi connectivity index (χ0n) is 12.1. The fourth-order valence-electron chi connectivity index (χ4n) is 2.10. The molecule has 1 aromatic carbocycles. The number of nitrogens with two attached hydrogens (primary N) is 1. The summed E-state index contributed by atoms with van der Waals surface area (Å²) < 4.78 is 17.6. The molecule has 0 saturated carbocycles. The molecule has 1 aromatic heterocycles. The Morgan fingerprint density at radius 2 is 1.75 bits per heavy atom. The summed E-state index contributed by atoms with van der Waals surface area (Å²) in [6.45, 7) is 0.412. The Morgan fingerprint density at radius 1 is 1.15 bits per heavy atom. The quantitative estimate of drug-likeness (QED) is 0.902. The van der Waals surface area contributed by atoms with Crippen molar-refractivity contribution in [3.05, 3.63) is 23.9 Å². The van der Waals surface area contributed by atoms with Crippen LogP contribution in [-0.2, 0) is 18.4 Å². The first kappa shape index (κ1) is 14.2. The zero-order valence-corrected chi connectivity index (χ0v) is 12.1. The van der Waals surface area contributed by atoms with Crippen molar-refractivity contribution in [2.24, 2.45) is 7.05 Å². The topological polar surface area (TPSA) is 71.5 Å². The molecule has 0 aliphatic carbocycles. The largest absolute Gasteiger partial charge is 0.496 e. The molecular formula is C14H19N3O3. The van der Waals surface area contributed by atoms with Crippen molar-refractivity contribution in [3.8, 4) is 22.6 Å². The minimum atomic E-state index is 0.412. The molecule has 0 radical (unpaired) electrons. The van der Waals surface area contributed by atoms with E-state index in [1.165, 1.54) is 0 Å². The van der Waals surface area contributed by atoms with Crippen molar-refractivity contribution in [3.63, 3.8) is 0 Å². The number of hydrogen-bond acceptors (Lipinski definition) is 5. The van der Waals surface area contributed by atoms with Crippen LogP contribution in [0, 0.1) is 0 Å². The molecule has 108 valence electrons. The summed E-state index contributed by atoms with van der Waals surface area (Å²) >= 11 is 0. The molecule has 0 atom stereocenters. The number of anilines is 1. The van der Waals surface area contributed by atoms with Crippen LogP contribution in [0.1, 0.15) is 5.56 Å². The third-order valence-corrected chi connectivity index (χ3v) is 3.19. The number of hydrogen-bond donors (Lipinski definition) is 1. The van der Waals surface area contributed by atoms with Crippen LogP contribution in [0.4, 0.5) is 5.82 Å². The molecule has 0 bridgehead atoms. The van der Waals surface area contributed by atoms with Crippen LogP contribution in [0.3, 0.4) is 0 Å². The van der Waals surface area contributed by atoms with Crippen LogP contribution in [-0.4, -0.2) is 31.1 Å². The average molecular weight is 277 g/mol. The number of nitrogens with zero attached hydrogens (tertiary/aromatic N) is 2. The lowest BCUT2D eigenvalue weighted by Gasteiger charge is -2.14. The van der Waals surface area contributed by atoms with Gasteiger partial charge in [0.05, 0.1) is 32.6 Å². The van der Waals surface area contributed by atoms with Crippen molar-refractivity contribution < 1.29 is 14.2 Å². The summed E-state index contributed by atoms with van der Waals surface area (Å²) in [6, 6.07) is 3.81. The minimum absolute atomic E-state index is 0.412. The lowest BCUT2D eigenvalue weighted by Crippen LogP contribution is -2.00. The van der Waals surface area contributed by atoms with E-state index in [-0.39, 0.29) is 0 Å². The number of aryl methyl sites for hydroxylation is 1. The van der Waals surface area contributed by atoms with Gasteiger partial charge in [0, 0.05) is 19.7 Å². The molecule has 0 fully saturated rings. The van der Waals surface area contributed by atoms with Gasteiger partial charge in [0.25, 0.3) is 0 Å². The second-order valence-electron chi connectivity index (χ2n) is 4.36. The normalized spacial score (nSPS) is 10.6. The number of rotatable bonds is 5. The van der Waals surface area contributed by atoms with E-state index < -0.39 is 0 Å². The van der Waals surface area contributed by atoms with Crippen molar-refractivity contribution >= 4 is 5.82 Å². The predicted molar refractivity (Wildman–Crippen MR) is 76.9 cm³/mol. The molecular weight excluding hydrogens is 258 g/mol. The minimum Gasteiger partial charge on any atom is -0.496 e. The monoisotopic (exact) mass is 277 g/mol. The van der Waals surface area contributed by atoms with Gasteiger partial charge in [-0.2, -0.15) is 5.10 Å². The van der Waals surface area contributed by atoms with Gasteiger partial charge in [-0.15, -0.1) is 0 Å². The van der Waals surface area contributed by atoms with Gasteiger partial charge in [-0.25, -0.2) is 0 Å². The molecule has 0 saturated heterocycles. The molecule has 2 aromatic rings. The lowest BCUT2D eigenvalue weighted by molar-refractivity contribution is 0.178. The first-order valence-electron chi connectivity index (χ1n) is 6.14. The van der Waals surface area contributed by atoms with Gasteiger partial charge in [0.1, 0.15) is 17.3 Å². The number of nitrogen functional groups attached to an aromatic ring is 1. The van der Waals surface area contributed by atoms with E-state index >= 15 is 0 Å². The standard InChI is InChI=1S/C14H19N3O3/c1-17-14(15)10(7-16-17)9-5-12(19-3)11(8-18-2)13(6-9)20-4/h5-7H,8,15H2,1-4H3. The van der Waals surface area contributed by atoms with Crippen LogP contribution >= 0.6 is 0 Å². The fourth-order valence-corrected chi connectivity index (χ4v) is 2.10. The molecule has 6 nitrogen and oxygen atoms in total. The third-order valence-electron chi connectivity index (χ3n) is 3.19. The predicted octanol–water partition coefficient (Wildman–Crippen LogP) is 1.83. The molecule has 1 heterocycles. The van der Waals surface area contributed by atoms with E-state index in [4.69, 9.17) is 19.9 Å². The zero-order chi connectivity index (χ0) is 14.7. The Balaban J connectivity index is 2.58. The van der Waals surface area contributed by atoms with Crippen LogP contribution in [0.5, 0.6) is 11.5 Å². The highest BCUT2D eigenvalue weighted by atomic mass is 16.5. The highest BCUT2D eigenvalue weighted by Gasteiger charge is 2.16. The maximum atomic E-state index is 6.01. The highest BCUT2D eigenvalue weighted by molar-refractivity contribution is 5.76. The molecule has 6 heteroatoms. The summed E-state index contributed by atoms with van der Waals surface area (Å²) in [5.74, 6) is 1.99. The Bertz CT molecular complexity index is 583. The van der Waals surface area contributed by atoms with E-state index in [1.54, 1.807) is 39.3 Å². The first-order valence-corrected chi connectivity index (χ1v) is 6.14. The fraction of sp³-hybridized carbons (Fsp3) is 0.357. The van der Waals surface area contributed by atoms with Crippen molar-refractivity contribution in [1.29, 1.82) is 0 Å². The van der Waals surface area contributed by atoms with E-state index in [1.807, 2.05) is 12.1 Å². The van der Waals surface area contributed by atoms with E-state index in [0.717, 1.165) is 16.7 Å². The molecule has 0 aliphatic heterocycles. The summed E-state index contributed by atoms with van der Waals surface area (Å²) in [4.78, 5) is 0. The molecule has 20 heavy (non-hydrogen) atoms. The number of ether oxygens (including phenoxy) is 3. The Morgan fingerprint density at radius 3 is 2.15 bits per heavy atom. The smallest absolute Gasteiger partial charge is 0.129 e. The summed E-state index contributed by atoms with van der Waals surface area (Å²) in [5, 5.41) is 4.15. The van der Waals surface area contributed by atoms with Gasteiger partial charge in [-0.1, -0.05) is 0 Å². The van der Waals surface area contributed by atoms with Crippen molar-refractivity contribution in [2.45, 2.75) is 6.61 Å². The summed E-state index contributed by atoms with van der Waals surface area (Å²) in [7, 11) is 6.66. The lowest BCUT2D eigenvalue weighted by atomic mass is 10.0. The van der Waals surface area contributed by atoms with Gasteiger partial charge < -0.3 is 19.9 Å². The van der Waals surface area contributed by atoms with Gasteiger partial charge in [0.15, 0.2) is 0 Å². The molecule has 2 N–H and O–H groups in total. The number of aromatic nitrogens is 2. The van der Waals surface area contributed by atoms with E-state index in [0.29, 0.717) is 23.9 Å². The van der Waals surface area contributed by atoms with Gasteiger partial charge in [-0.05, 0) is 17.7 Å². The van der Waals surface area contributed by atoms with Crippen molar-refractivity contribution in [2.75, 3.05) is 27.1 Å². The molecule has 2 rings (SSSR count).